The van der Waals surface area contributed by atoms with Crippen LogP contribution in [0.1, 0.15) is 12.1 Å². The van der Waals surface area contributed by atoms with E-state index in [9.17, 15) is 9.90 Å². The van der Waals surface area contributed by atoms with Crippen LogP contribution in [0.25, 0.3) is 0 Å². The van der Waals surface area contributed by atoms with Crippen LogP contribution in [0.2, 0.25) is 0 Å². The van der Waals surface area contributed by atoms with Crippen molar-refractivity contribution < 1.29 is 5.11 Å². The second-order valence-electron chi connectivity index (χ2n) is 5.50. The Morgan fingerprint density at radius 1 is 0.958 bits per heavy atom. The van der Waals surface area contributed by atoms with Gasteiger partial charge in [0, 0.05) is 24.0 Å². The van der Waals surface area contributed by atoms with Crippen LogP contribution >= 0.6 is 0 Å². The maximum atomic E-state index is 11.1. The van der Waals surface area contributed by atoms with Crippen molar-refractivity contribution >= 4 is 11.4 Å². The fraction of sp³-hybridized carbons (Fsp3) is 0.158. The number of aromatic amines is 1. The molecule has 0 fully saturated rings. The van der Waals surface area contributed by atoms with Crippen molar-refractivity contribution in [2.45, 2.75) is 12.8 Å². The molecule has 0 aliphatic heterocycles. The summed E-state index contributed by atoms with van der Waals surface area (Å²) in [5, 5.41) is 15.7. The number of aryl methyl sites for hydroxylation is 1. The number of nitrogens with zero attached hydrogens (tertiary/aromatic N) is 2. The van der Waals surface area contributed by atoms with E-state index < -0.39 is 5.56 Å². The zero-order valence-electron chi connectivity index (χ0n) is 13.2. The standard InChI is InChI=1S/C19H19N3O2/c23-18-14-15(20-21-19(18)24)8-7-13-22(16-9-3-1-4-10-16)17-11-5-2-6-12-17/h1-6,9-12,14H,7-8,13H2,(H,20,23)(H,21,24). The molecule has 0 aliphatic rings. The van der Waals surface area contributed by atoms with Crippen molar-refractivity contribution in [1.29, 1.82) is 0 Å². The van der Waals surface area contributed by atoms with Crippen LogP contribution in [-0.4, -0.2) is 21.8 Å². The molecule has 3 aromatic rings. The van der Waals surface area contributed by atoms with Crippen molar-refractivity contribution in [3.05, 3.63) is 82.8 Å². The number of hydrogen-bond donors (Lipinski definition) is 2. The van der Waals surface area contributed by atoms with Crippen LogP contribution in [0, 0.1) is 0 Å². The second kappa shape index (κ2) is 7.46. The number of hydrogen-bond acceptors (Lipinski definition) is 4. The van der Waals surface area contributed by atoms with Crippen molar-refractivity contribution in [3.63, 3.8) is 0 Å². The van der Waals surface area contributed by atoms with Crippen molar-refractivity contribution in [1.82, 2.24) is 10.2 Å². The van der Waals surface area contributed by atoms with Crippen molar-refractivity contribution in [2.75, 3.05) is 11.4 Å². The van der Waals surface area contributed by atoms with Gasteiger partial charge in [0.05, 0.1) is 5.69 Å². The lowest BCUT2D eigenvalue weighted by Crippen LogP contribution is -2.19. The topological polar surface area (TPSA) is 69.2 Å². The van der Waals surface area contributed by atoms with Gasteiger partial charge in [0.1, 0.15) is 0 Å². The fourth-order valence-corrected chi connectivity index (χ4v) is 2.60. The average molecular weight is 321 g/mol. The molecule has 0 bridgehead atoms. The van der Waals surface area contributed by atoms with E-state index in [1.807, 2.05) is 36.4 Å². The first-order chi connectivity index (χ1) is 11.7. The van der Waals surface area contributed by atoms with Crippen LogP contribution in [0.4, 0.5) is 11.4 Å². The van der Waals surface area contributed by atoms with E-state index in [1.165, 1.54) is 6.07 Å². The molecule has 0 aliphatic carbocycles. The number of benzene rings is 2. The molecule has 0 spiro atoms. The van der Waals surface area contributed by atoms with Gasteiger partial charge in [-0.1, -0.05) is 36.4 Å². The largest absolute Gasteiger partial charge is 0.503 e. The Balaban J connectivity index is 1.73. The van der Waals surface area contributed by atoms with Crippen LogP contribution in [0.5, 0.6) is 5.75 Å². The fourth-order valence-electron chi connectivity index (χ4n) is 2.60. The summed E-state index contributed by atoms with van der Waals surface area (Å²) in [5.74, 6) is -0.289. The van der Waals surface area contributed by atoms with Gasteiger partial charge in [0.25, 0.3) is 0 Å². The lowest BCUT2D eigenvalue weighted by molar-refractivity contribution is 0.462. The highest BCUT2D eigenvalue weighted by atomic mass is 16.3. The number of H-pyrrole nitrogens is 1. The molecule has 0 atom stereocenters. The first kappa shape index (κ1) is 15.8. The predicted octanol–water partition coefficient (Wildman–Crippen LogP) is 3.25. The Morgan fingerprint density at radius 3 is 2.08 bits per heavy atom. The van der Waals surface area contributed by atoms with Crippen LogP contribution in [-0.2, 0) is 6.42 Å². The summed E-state index contributed by atoms with van der Waals surface area (Å²) in [4.78, 5) is 13.4. The molecule has 24 heavy (non-hydrogen) atoms. The highest BCUT2D eigenvalue weighted by molar-refractivity contribution is 5.62. The average Bonchev–Trinajstić information content (AvgIpc) is 2.63. The zero-order valence-corrected chi connectivity index (χ0v) is 13.2. The summed E-state index contributed by atoms with van der Waals surface area (Å²) in [5.41, 5.74) is 2.36. The van der Waals surface area contributed by atoms with Gasteiger partial charge in [-0.2, -0.15) is 5.10 Å². The van der Waals surface area contributed by atoms with Crippen LogP contribution < -0.4 is 10.5 Å². The molecule has 0 saturated carbocycles. The first-order valence-corrected chi connectivity index (χ1v) is 7.89. The molecule has 0 saturated heterocycles. The van der Waals surface area contributed by atoms with Gasteiger partial charge in [0.2, 0.25) is 0 Å². The monoisotopic (exact) mass is 321 g/mol. The molecule has 0 radical (unpaired) electrons. The van der Waals surface area contributed by atoms with Gasteiger partial charge in [0.15, 0.2) is 5.75 Å². The van der Waals surface area contributed by atoms with Gasteiger partial charge in [-0.15, -0.1) is 0 Å². The lowest BCUT2D eigenvalue weighted by Gasteiger charge is -2.25. The second-order valence-corrected chi connectivity index (χ2v) is 5.50. The van der Waals surface area contributed by atoms with Gasteiger partial charge < -0.3 is 10.0 Å². The first-order valence-electron chi connectivity index (χ1n) is 7.89. The zero-order chi connectivity index (χ0) is 16.8. The van der Waals surface area contributed by atoms with Crippen LogP contribution in [0.15, 0.2) is 71.5 Å². The number of para-hydroxylation sites is 2. The van der Waals surface area contributed by atoms with Gasteiger partial charge >= 0.3 is 5.56 Å². The third-order valence-electron chi connectivity index (χ3n) is 3.79. The van der Waals surface area contributed by atoms with Gasteiger partial charge in [-0.05, 0) is 37.1 Å². The maximum absolute atomic E-state index is 11.1. The Labute approximate surface area is 140 Å². The Kier molecular flexibility index (Phi) is 4.91. The molecule has 2 N–H and O–H groups in total. The number of aromatic hydroxyl groups is 1. The SMILES string of the molecule is O=c1[nH]nc(CCCN(c2ccccc2)c2ccccc2)cc1O. The van der Waals surface area contributed by atoms with E-state index in [4.69, 9.17) is 0 Å². The normalized spacial score (nSPS) is 10.5. The van der Waals surface area contributed by atoms with Gasteiger partial charge in [-0.25, -0.2) is 5.10 Å². The molecule has 0 amide bonds. The van der Waals surface area contributed by atoms with E-state index in [2.05, 4.69) is 39.4 Å². The quantitative estimate of drug-likeness (QED) is 0.731. The molecule has 1 aromatic heterocycles. The maximum Gasteiger partial charge on any atom is 0.306 e. The Hall–Kier alpha value is -3.08. The Morgan fingerprint density at radius 2 is 1.54 bits per heavy atom. The van der Waals surface area contributed by atoms with E-state index in [1.54, 1.807) is 0 Å². The van der Waals surface area contributed by atoms with Crippen molar-refractivity contribution in [3.8, 4) is 5.75 Å². The number of anilines is 2. The molecule has 122 valence electrons. The van der Waals surface area contributed by atoms with Crippen LogP contribution in [0.3, 0.4) is 0 Å². The lowest BCUT2D eigenvalue weighted by atomic mass is 10.2. The minimum atomic E-state index is -0.561. The van der Waals surface area contributed by atoms with E-state index in [0.717, 1.165) is 24.3 Å². The highest BCUT2D eigenvalue weighted by Gasteiger charge is 2.09. The molecule has 1 heterocycles. The highest BCUT2D eigenvalue weighted by Crippen LogP contribution is 2.25. The molecule has 5 nitrogen and oxygen atoms in total. The smallest absolute Gasteiger partial charge is 0.306 e. The third kappa shape index (κ3) is 3.81. The Bertz CT molecular complexity index is 792. The summed E-state index contributed by atoms with van der Waals surface area (Å²) in [6, 6.07) is 21.8. The number of rotatable bonds is 6. The van der Waals surface area contributed by atoms with Crippen molar-refractivity contribution in [2.24, 2.45) is 0 Å². The number of aromatic nitrogens is 2. The third-order valence-corrected chi connectivity index (χ3v) is 3.79. The predicted molar refractivity (Wildman–Crippen MR) is 94.7 cm³/mol. The molecular formula is C19H19N3O2. The molecule has 3 rings (SSSR count). The summed E-state index contributed by atoms with van der Waals surface area (Å²) in [6.07, 6.45) is 1.50. The minimum absolute atomic E-state index is 0.289. The molecule has 2 aromatic carbocycles. The summed E-state index contributed by atoms with van der Waals surface area (Å²) in [6.45, 7) is 0.801. The summed E-state index contributed by atoms with van der Waals surface area (Å²) >= 11 is 0. The minimum Gasteiger partial charge on any atom is -0.503 e. The number of nitrogens with one attached hydrogen (secondary N) is 1. The van der Waals surface area contributed by atoms with E-state index in [-0.39, 0.29) is 5.75 Å². The molecule has 0 unspecified atom stereocenters. The molecule has 5 heteroatoms. The van der Waals surface area contributed by atoms with E-state index in [0.29, 0.717) is 12.1 Å². The summed E-state index contributed by atoms with van der Waals surface area (Å²) < 4.78 is 0. The van der Waals surface area contributed by atoms with Gasteiger partial charge in [-0.3, -0.25) is 4.79 Å². The van der Waals surface area contributed by atoms with E-state index >= 15 is 0 Å². The molecular weight excluding hydrogens is 302 g/mol. The summed E-state index contributed by atoms with van der Waals surface area (Å²) in [7, 11) is 0.